The van der Waals surface area contributed by atoms with Gasteiger partial charge in [0.15, 0.2) is 11.6 Å². The maximum atomic E-state index is 13.7. The van der Waals surface area contributed by atoms with E-state index in [4.69, 9.17) is 21.1 Å². The fraction of sp³-hybridized carbons (Fsp3) is 0.296. The molecule has 0 saturated carbocycles. The smallest absolute Gasteiger partial charge is 0.165 e. The molecule has 1 aliphatic heterocycles. The van der Waals surface area contributed by atoms with E-state index in [2.05, 4.69) is 6.58 Å². The molecule has 3 unspecified atom stereocenters. The molecule has 2 aromatic carbocycles. The summed E-state index contributed by atoms with van der Waals surface area (Å²) in [5.74, 6) is -1.06. The molecule has 2 aromatic rings. The molecule has 1 fully saturated rings. The summed E-state index contributed by atoms with van der Waals surface area (Å²) >= 11 is 6.40. The quantitative estimate of drug-likeness (QED) is 0.346. The van der Waals surface area contributed by atoms with Crippen molar-refractivity contribution in [2.24, 2.45) is 0 Å². The number of rotatable bonds is 9. The van der Waals surface area contributed by atoms with Gasteiger partial charge in [-0.3, -0.25) is 0 Å². The summed E-state index contributed by atoms with van der Waals surface area (Å²) in [5.41, 5.74) is 3.36. The van der Waals surface area contributed by atoms with E-state index in [1.54, 1.807) is 18.2 Å². The minimum absolute atomic E-state index is 0.150. The van der Waals surface area contributed by atoms with Crippen molar-refractivity contribution in [3.63, 3.8) is 0 Å². The third-order valence-corrected chi connectivity index (χ3v) is 5.88. The second-order valence-electron chi connectivity index (χ2n) is 7.99. The van der Waals surface area contributed by atoms with Gasteiger partial charge in [-0.05, 0) is 53.8 Å². The number of carbonyl (C=O) groups excluding carboxylic acids is 1. The Balaban J connectivity index is 1.77. The lowest BCUT2D eigenvalue weighted by atomic mass is 9.94. The highest BCUT2D eigenvalue weighted by Crippen LogP contribution is 2.35. The van der Waals surface area contributed by atoms with E-state index in [0.29, 0.717) is 36.5 Å². The van der Waals surface area contributed by atoms with E-state index in [-0.39, 0.29) is 18.0 Å². The number of carbonyl (C=O) groups is 1. The summed E-state index contributed by atoms with van der Waals surface area (Å²) in [5, 5.41) is 9.97. The molecule has 1 saturated heterocycles. The second kappa shape index (κ2) is 11.9. The van der Waals surface area contributed by atoms with Gasteiger partial charge in [-0.25, -0.2) is 4.39 Å². The third kappa shape index (κ3) is 6.87. The zero-order valence-corrected chi connectivity index (χ0v) is 19.3. The zero-order chi connectivity index (χ0) is 23.8. The molecule has 174 valence electrons. The number of hydrogen-bond donors (Lipinski definition) is 1. The normalized spacial score (nSPS) is 21.3. The first-order valence-corrected chi connectivity index (χ1v) is 11.2. The lowest BCUT2D eigenvalue weighted by Gasteiger charge is -2.33. The van der Waals surface area contributed by atoms with Gasteiger partial charge in [0.05, 0.1) is 18.8 Å². The average Bonchev–Trinajstić information content (AvgIpc) is 2.81. The lowest BCUT2D eigenvalue weighted by Crippen LogP contribution is -2.34. The van der Waals surface area contributed by atoms with Crippen LogP contribution in [0.2, 0.25) is 5.02 Å². The Bertz CT molecular complexity index is 1050. The number of phenols is 1. The van der Waals surface area contributed by atoms with Gasteiger partial charge in [-0.1, -0.05) is 60.7 Å². The van der Waals surface area contributed by atoms with Crippen LogP contribution in [0.5, 0.6) is 5.75 Å². The molecule has 4 nitrogen and oxygen atoms in total. The van der Waals surface area contributed by atoms with E-state index < -0.39 is 11.9 Å². The van der Waals surface area contributed by atoms with Gasteiger partial charge in [0, 0.05) is 17.9 Å². The van der Waals surface area contributed by atoms with Crippen molar-refractivity contribution in [2.45, 2.75) is 44.5 Å². The molecule has 1 heterocycles. The standard InChI is InChI=1S/C27H28ClFO4/c1-3-5-18(6-4-2)17-32-22-14-23(16-30)33-27(15-22)20-8-9-24(28)21(13-20)11-19-7-10-26(31)25(29)12-19/h3-10,12-13,16,22-23,27,31H,1,11,14-15,17H2,2H3/b6-4-,18-5+. The Morgan fingerprint density at radius 3 is 2.82 bits per heavy atom. The van der Waals surface area contributed by atoms with E-state index in [1.165, 1.54) is 12.1 Å². The minimum atomic E-state index is -0.674. The largest absolute Gasteiger partial charge is 0.505 e. The van der Waals surface area contributed by atoms with Crippen LogP contribution in [-0.4, -0.2) is 30.2 Å². The topological polar surface area (TPSA) is 55.8 Å². The van der Waals surface area contributed by atoms with E-state index in [1.807, 2.05) is 37.3 Å². The third-order valence-electron chi connectivity index (χ3n) is 5.51. The number of ether oxygens (including phenoxy) is 2. The molecule has 0 aliphatic carbocycles. The molecule has 0 spiro atoms. The first-order chi connectivity index (χ1) is 15.9. The summed E-state index contributed by atoms with van der Waals surface area (Å²) in [6.07, 6.45) is 8.76. The van der Waals surface area contributed by atoms with Crippen molar-refractivity contribution in [3.8, 4) is 5.75 Å². The first-order valence-electron chi connectivity index (χ1n) is 10.9. The molecule has 3 atom stereocenters. The van der Waals surface area contributed by atoms with Crippen LogP contribution in [0.15, 0.2) is 72.9 Å². The van der Waals surface area contributed by atoms with Gasteiger partial charge in [-0.2, -0.15) is 0 Å². The Morgan fingerprint density at radius 1 is 1.30 bits per heavy atom. The van der Waals surface area contributed by atoms with Gasteiger partial charge >= 0.3 is 0 Å². The van der Waals surface area contributed by atoms with Gasteiger partial charge in [0.2, 0.25) is 0 Å². The van der Waals surface area contributed by atoms with Gasteiger partial charge in [0.1, 0.15) is 12.4 Å². The van der Waals surface area contributed by atoms with Crippen LogP contribution in [0.4, 0.5) is 4.39 Å². The molecule has 33 heavy (non-hydrogen) atoms. The highest BCUT2D eigenvalue weighted by atomic mass is 35.5. The molecule has 6 heteroatoms. The van der Waals surface area contributed by atoms with Gasteiger partial charge in [0.25, 0.3) is 0 Å². The highest BCUT2D eigenvalue weighted by molar-refractivity contribution is 6.31. The summed E-state index contributed by atoms with van der Waals surface area (Å²) in [6, 6.07) is 9.85. The van der Waals surface area contributed by atoms with Gasteiger partial charge in [-0.15, -0.1) is 0 Å². The highest BCUT2D eigenvalue weighted by Gasteiger charge is 2.31. The number of aromatic hydroxyl groups is 1. The molecule has 0 bridgehead atoms. The molecule has 1 aliphatic rings. The lowest BCUT2D eigenvalue weighted by molar-refractivity contribution is -0.140. The van der Waals surface area contributed by atoms with E-state index in [9.17, 15) is 14.3 Å². The van der Waals surface area contributed by atoms with E-state index in [0.717, 1.165) is 23.0 Å². The predicted molar refractivity (Wildman–Crippen MR) is 128 cm³/mol. The van der Waals surface area contributed by atoms with Crippen molar-refractivity contribution >= 4 is 17.9 Å². The van der Waals surface area contributed by atoms with Crippen LogP contribution < -0.4 is 0 Å². The van der Waals surface area contributed by atoms with Crippen LogP contribution in [0, 0.1) is 5.82 Å². The Morgan fingerprint density at radius 2 is 2.12 bits per heavy atom. The molecular weight excluding hydrogens is 443 g/mol. The molecule has 3 rings (SSSR count). The maximum Gasteiger partial charge on any atom is 0.165 e. The first kappa shape index (κ1) is 24.9. The summed E-state index contributed by atoms with van der Waals surface area (Å²) in [4.78, 5) is 11.6. The molecular formula is C27H28ClFO4. The Hall–Kier alpha value is -2.73. The number of benzene rings is 2. The summed E-state index contributed by atoms with van der Waals surface area (Å²) < 4.78 is 25.9. The monoisotopic (exact) mass is 470 g/mol. The van der Waals surface area contributed by atoms with Crippen molar-refractivity contribution in [3.05, 3.63) is 100 Å². The minimum Gasteiger partial charge on any atom is -0.505 e. The molecule has 1 N–H and O–H groups in total. The fourth-order valence-electron chi connectivity index (χ4n) is 3.90. The predicted octanol–water partition coefficient (Wildman–Crippen LogP) is 6.27. The van der Waals surface area contributed by atoms with Crippen LogP contribution in [-0.2, 0) is 20.7 Å². The van der Waals surface area contributed by atoms with Crippen LogP contribution in [0.1, 0.15) is 42.6 Å². The number of hydrogen-bond acceptors (Lipinski definition) is 4. The molecule has 0 aromatic heterocycles. The van der Waals surface area contributed by atoms with Crippen molar-refractivity contribution in [1.82, 2.24) is 0 Å². The SMILES string of the molecule is C=C/C=C(\C=C/C)COC1CC(C=O)OC(c2ccc(Cl)c(Cc3ccc(O)c(F)c3)c2)C1. The summed E-state index contributed by atoms with van der Waals surface area (Å²) in [6.45, 7) is 6.09. The average molecular weight is 471 g/mol. The molecule has 0 radical (unpaired) electrons. The van der Waals surface area contributed by atoms with Crippen molar-refractivity contribution < 1.29 is 23.8 Å². The zero-order valence-electron chi connectivity index (χ0n) is 18.5. The fourth-order valence-corrected chi connectivity index (χ4v) is 4.08. The number of allylic oxidation sites excluding steroid dienone is 3. The maximum absolute atomic E-state index is 13.7. The number of aldehydes is 1. The van der Waals surface area contributed by atoms with Gasteiger partial charge < -0.3 is 19.4 Å². The van der Waals surface area contributed by atoms with Crippen molar-refractivity contribution in [2.75, 3.05) is 6.61 Å². The Kier molecular flexibility index (Phi) is 9.01. The van der Waals surface area contributed by atoms with Crippen molar-refractivity contribution in [1.29, 1.82) is 0 Å². The molecule has 0 amide bonds. The second-order valence-corrected chi connectivity index (χ2v) is 8.40. The number of phenolic OH excluding ortho intramolecular Hbond substituents is 1. The van der Waals surface area contributed by atoms with Crippen LogP contribution in [0.3, 0.4) is 0 Å². The summed E-state index contributed by atoms with van der Waals surface area (Å²) in [7, 11) is 0. The van der Waals surface area contributed by atoms with E-state index >= 15 is 0 Å². The van der Waals surface area contributed by atoms with Crippen LogP contribution >= 0.6 is 11.6 Å². The Labute approximate surface area is 199 Å². The number of halogens is 2. The van der Waals surface area contributed by atoms with Crippen LogP contribution in [0.25, 0.3) is 0 Å².